The molecule has 3 unspecified atom stereocenters. The molecule has 0 aliphatic carbocycles. The van der Waals surface area contributed by atoms with E-state index in [9.17, 15) is 9.59 Å². The fourth-order valence-corrected chi connectivity index (χ4v) is 3.86. The van der Waals surface area contributed by atoms with Gasteiger partial charge in [-0.15, -0.1) is 11.3 Å². The molecule has 2 aliphatic rings. The van der Waals surface area contributed by atoms with E-state index in [2.05, 4.69) is 34.9 Å². The van der Waals surface area contributed by atoms with Gasteiger partial charge in [0.05, 0.1) is 0 Å². The second-order valence-electron chi connectivity index (χ2n) is 6.64. The van der Waals surface area contributed by atoms with Crippen LogP contribution < -0.4 is 0 Å². The molecule has 29 heavy (non-hydrogen) atoms. The molecule has 0 N–H and O–H groups in total. The minimum Gasteiger partial charge on any atom is -0.493 e. The molecule has 1 fully saturated rings. The monoisotopic (exact) mass is 517 g/mol. The first-order chi connectivity index (χ1) is 13.5. The molecule has 3 rings (SSSR count). The summed E-state index contributed by atoms with van der Waals surface area (Å²) in [6, 6.07) is 4.10. The van der Waals surface area contributed by atoms with Gasteiger partial charge in [-0.2, -0.15) is 0 Å². The molecule has 1 aromatic heterocycles. The number of rotatable bonds is 6. The van der Waals surface area contributed by atoms with Crippen LogP contribution in [-0.4, -0.2) is 53.8 Å². The number of hydrogen-bond acceptors (Lipinski definition) is 6. The number of allylic oxidation sites excluding steroid dienone is 2. The summed E-state index contributed by atoms with van der Waals surface area (Å²) in [6.07, 6.45) is 10.6. The molecule has 8 heteroatoms. The van der Waals surface area contributed by atoms with Crippen molar-refractivity contribution in [3.05, 3.63) is 47.0 Å². The van der Waals surface area contributed by atoms with Crippen molar-refractivity contribution in [1.29, 1.82) is 0 Å². The number of hydrogen-bond donors (Lipinski definition) is 0. The number of nitrogens with zero attached hydrogens (tertiary/aromatic N) is 1. The molecule has 0 amide bonds. The predicted octanol–water partition coefficient (Wildman–Crippen LogP) is 2.99. The molecule has 3 heterocycles. The quantitative estimate of drug-likeness (QED) is 0.252. The standard InChI is InChI=1S/C21H25NO5S.Cd/c1-15(23)25-14-20-19(26-16(2)24)10-11-21(27-20)22-12-4-3-6-17(22)8-9-18-7-5-13-28-18;/h3,5-10,13,19-21H,4,11-12,14H2,1-2H3;/b9-8+;. The second-order valence-corrected chi connectivity index (χ2v) is 7.61. The number of esters is 2. The fraction of sp³-hybridized carbons (Fsp3) is 0.429. The molecular formula is C21H25CdNO5S. The molecule has 0 bridgehead atoms. The van der Waals surface area contributed by atoms with Gasteiger partial charge in [-0.1, -0.05) is 18.6 Å². The Bertz CT molecular complexity index is 787. The van der Waals surface area contributed by atoms with E-state index in [1.54, 1.807) is 11.3 Å². The van der Waals surface area contributed by atoms with Crippen molar-refractivity contribution >= 4 is 35.1 Å². The predicted molar refractivity (Wildman–Crippen MR) is 107 cm³/mol. The third kappa shape index (κ3) is 7.14. The number of carbonyl (C=O) groups excluding carboxylic acids is 2. The van der Waals surface area contributed by atoms with Crippen LogP contribution in [0.2, 0.25) is 0 Å². The van der Waals surface area contributed by atoms with E-state index in [1.165, 1.54) is 18.7 Å². The number of carbonyl (C=O) groups is 2. The van der Waals surface area contributed by atoms with Gasteiger partial charge in [-0.3, -0.25) is 16.0 Å². The molecule has 1 saturated heterocycles. The van der Waals surface area contributed by atoms with Crippen LogP contribution in [-0.2, 0) is 51.1 Å². The zero-order valence-electron chi connectivity index (χ0n) is 16.8. The fourth-order valence-electron chi connectivity index (χ4n) is 3.24. The number of ether oxygens (including phenoxy) is 3. The minimum absolute atomic E-state index is 0. The second kappa shape index (κ2) is 11.8. The maximum Gasteiger partial charge on any atom is 0.302 e. The molecule has 0 saturated carbocycles. The van der Waals surface area contributed by atoms with Gasteiger partial charge in [-0.25, -0.2) is 4.58 Å². The Morgan fingerprint density at radius 1 is 1.34 bits per heavy atom. The molecule has 6 nitrogen and oxygen atoms in total. The Kier molecular flexibility index (Phi) is 9.71. The largest absolute Gasteiger partial charge is 0.493 e. The topological polar surface area (TPSA) is 64.8 Å². The Balaban J connectivity index is 0.00000300. The van der Waals surface area contributed by atoms with Crippen molar-refractivity contribution in [3.63, 3.8) is 0 Å². The number of thiophene rings is 1. The van der Waals surface area contributed by atoms with E-state index in [0.717, 1.165) is 18.7 Å². The van der Waals surface area contributed by atoms with E-state index in [4.69, 9.17) is 14.2 Å². The van der Waals surface area contributed by atoms with Crippen LogP contribution in [0.4, 0.5) is 0 Å². The smallest absolute Gasteiger partial charge is 0.302 e. The van der Waals surface area contributed by atoms with E-state index >= 15 is 0 Å². The van der Waals surface area contributed by atoms with Gasteiger partial charge < -0.3 is 14.2 Å². The Morgan fingerprint density at radius 3 is 2.86 bits per heavy atom. The van der Waals surface area contributed by atoms with Crippen molar-refractivity contribution in [2.45, 2.75) is 45.1 Å². The molecule has 0 spiro atoms. The van der Waals surface area contributed by atoms with Crippen molar-refractivity contribution in [3.8, 4) is 0 Å². The van der Waals surface area contributed by atoms with E-state index < -0.39 is 12.2 Å². The third-order valence-electron chi connectivity index (χ3n) is 4.49. The molecule has 2 aliphatic heterocycles. The van der Waals surface area contributed by atoms with Gasteiger partial charge in [0.1, 0.15) is 19.3 Å². The molecule has 1 aromatic rings. The molecule has 152 valence electrons. The average molecular weight is 516 g/mol. The van der Waals surface area contributed by atoms with E-state index in [1.807, 2.05) is 17.9 Å². The minimum atomic E-state index is -0.529. The average Bonchev–Trinajstić information content (AvgIpc) is 3.19. The van der Waals surface area contributed by atoms with Crippen LogP contribution in [0.3, 0.4) is 0 Å². The van der Waals surface area contributed by atoms with E-state index in [-0.39, 0.29) is 52.1 Å². The van der Waals surface area contributed by atoms with Gasteiger partial charge >= 0.3 is 5.97 Å². The summed E-state index contributed by atoms with van der Waals surface area (Å²) in [5.74, 6) is -0.775. The van der Waals surface area contributed by atoms with Crippen LogP contribution in [0, 0.1) is 6.42 Å². The molecule has 3 atom stereocenters. The maximum absolute atomic E-state index is 11.4. The Morgan fingerprint density at radius 2 is 2.17 bits per heavy atom. The van der Waals surface area contributed by atoms with Crippen molar-refractivity contribution < 1.29 is 55.7 Å². The summed E-state index contributed by atoms with van der Waals surface area (Å²) >= 11 is 1.69. The Labute approximate surface area is 195 Å². The summed E-state index contributed by atoms with van der Waals surface area (Å²) in [7, 11) is 0. The first kappa shape index (κ1) is 23.9. The van der Waals surface area contributed by atoms with Crippen molar-refractivity contribution in [1.82, 2.24) is 0 Å². The summed E-state index contributed by atoms with van der Waals surface area (Å²) in [5.41, 5.74) is 1.07. The van der Waals surface area contributed by atoms with Crippen molar-refractivity contribution in [2.75, 3.05) is 13.2 Å². The molecular weight excluding hydrogens is 491 g/mol. The summed E-state index contributed by atoms with van der Waals surface area (Å²) in [4.78, 5) is 23.8. The van der Waals surface area contributed by atoms with Gasteiger partial charge in [-0.05, 0) is 17.5 Å². The van der Waals surface area contributed by atoms with Crippen LogP contribution in [0.15, 0.2) is 35.7 Å². The SMILES string of the molecule is CC(=O)OCC1OC([N+]2=C(/C=C/c3cccs3)C=CCC2)C[CH-]C1OC(C)=O.[Cd]. The Hall–Kier alpha value is -1.33. The van der Waals surface area contributed by atoms with Gasteiger partial charge in [0, 0.05) is 70.7 Å². The summed E-state index contributed by atoms with van der Waals surface area (Å²) < 4.78 is 18.9. The van der Waals surface area contributed by atoms with Gasteiger partial charge in [0.25, 0.3) is 5.97 Å². The van der Waals surface area contributed by atoms with Crippen LogP contribution in [0.25, 0.3) is 6.08 Å². The summed E-state index contributed by atoms with van der Waals surface area (Å²) in [5, 5.41) is 2.05. The van der Waals surface area contributed by atoms with Gasteiger partial charge in [0.2, 0.25) is 11.9 Å². The zero-order valence-corrected chi connectivity index (χ0v) is 21.6. The zero-order chi connectivity index (χ0) is 19.9. The third-order valence-corrected chi connectivity index (χ3v) is 5.32. The van der Waals surface area contributed by atoms with Gasteiger partial charge in [0.15, 0.2) is 0 Å². The molecule has 0 aromatic carbocycles. The normalized spacial score (nSPS) is 24.3. The van der Waals surface area contributed by atoms with Crippen LogP contribution >= 0.6 is 11.3 Å². The van der Waals surface area contributed by atoms with E-state index in [0.29, 0.717) is 6.42 Å². The maximum atomic E-state index is 11.4. The van der Waals surface area contributed by atoms with Crippen LogP contribution in [0.5, 0.6) is 0 Å². The van der Waals surface area contributed by atoms with Crippen molar-refractivity contribution in [2.24, 2.45) is 0 Å². The first-order valence-corrected chi connectivity index (χ1v) is 10.2. The summed E-state index contributed by atoms with van der Waals surface area (Å²) in [6.45, 7) is 3.59. The van der Waals surface area contributed by atoms with Crippen LogP contribution in [0.1, 0.15) is 31.6 Å². The molecule has 0 radical (unpaired) electrons. The first-order valence-electron chi connectivity index (χ1n) is 9.34.